The molecule has 0 atom stereocenters. The average molecular weight is 272 g/mol. The van der Waals surface area contributed by atoms with Gasteiger partial charge < -0.3 is 5.11 Å². The molecule has 1 N–H and O–H groups in total. The summed E-state index contributed by atoms with van der Waals surface area (Å²) in [6.45, 7) is 3.87. The maximum atomic E-state index is 11.8. The number of carbonyl (C=O) groups is 1. The van der Waals surface area contributed by atoms with Crippen molar-refractivity contribution in [3.8, 4) is 0 Å². The Balaban J connectivity index is 2.87. The summed E-state index contributed by atoms with van der Waals surface area (Å²) in [6.07, 6.45) is 2.82. The molecule has 0 fully saturated rings. The minimum Gasteiger partial charge on any atom is -0.478 e. The van der Waals surface area contributed by atoms with E-state index in [4.69, 9.17) is 5.11 Å². The first-order chi connectivity index (χ1) is 8.32. The van der Waals surface area contributed by atoms with Crippen LogP contribution in [0.1, 0.15) is 36.3 Å². The van der Waals surface area contributed by atoms with Crippen LogP contribution >= 0.6 is 0 Å². The van der Waals surface area contributed by atoms with Gasteiger partial charge in [-0.25, -0.2) is 23.2 Å². The van der Waals surface area contributed by atoms with Crippen LogP contribution in [0, 0.1) is 5.92 Å². The second kappa shape index (κ2) is 5.90. The highest BCUT2D eigenvalue weighted by molar-refractivity contribution is 7.90. The molecule has 0 aliphatic carbocycles. The van der Waals surface area contributed by atoms with Gasteiger partial charge in [0.05, 0.1) is 17.2 Å². The number of nitrogens with zero attached hydrogens (tertiary/aromatic N) is 2. The van der Waals surface area contributed by atoms with Crippen molar-refractivity contribution < 1.29 is 18.3 Å². The number of carboxylic acid groups (broad SMARTS) is 1. The van der Waals surface area contributed by atoms with Crippen LogP contribution in [0.3, 0.4) is 0 Å². The van der Waals surface area contributed by atoms with E-state index in [1.807, 2.05) is 13.8 Å². The third-order valence-electron chi connectivity index (χ3n) is 2.39. The topological polar surface area (TPSA) is 97.2 Å². The van der Waals surface area contributed by atoms with E-state index in [1.165, 1.54) is 0 Å². The molecule has 0 radical (unpaired) electrons. The van der Waals surface area contributed by atoms with Crippen molar-refractivity contribution in [1.29, 1.82) is 0 Å². The Bertz CT molecular complexity index is 526. The highest BCUT2D eigenvalue weighted by atomic mass is 32.2. The van der Waals surface area contributed by atoms with Crippen LogP contribution in [0.15, 0.2) is 12.5 Å². The summed E-state index contributed by atoms with van der Waals surface area (Å²) in [4.78, 5) is 18.2. The minimum atomic E-state index is -3.34. The fourth-order valence-corrected chi connectivity index (χ4v) is 2.97. The Morgan fingerprint density at radius 3 is 2.67 bits per heavy atom. The highest BCUT2D eigenvalue weighted by Gasteiger charge is 2.19. The number of sulfone groups is 1. The minimum absolute atomic E-state index is 0.0354. The normalized spacial score (nSPS) is 11.7. The van der Waals surface area contributed by atoms with Gasteiger partial charge in [-0.1, -0.05) is 13.8 Å². The summed E-state index contributed by atoms with van der Waals surface area (Å²) in [5.74, 6) is -1.26. The molecule has 1 aromatic heterocycles. The largest absolute Gasteiger partial charge is 0.478 e. The molecule has 0 spiro atoms. The van der Waals surface area contributed by atoms with Crippen molar-refractivity contribution in [2.24, 2.45) is 5.92 Å². The lowest BCUT2D eigenvalue weighted by atomic mass is 10.2. The van der Waals surface area contributed by atoms with Crippen molar-refractivity contribution in [3.05, 3.63) is 23.8 Å². The SMILES string of the molecule is CC(C)CCS(=O)(=O)Cc1ncncc1C(=O)O. The molecule has 1 aromatic rings. The number of hydrogen-bond acceptors (Lipinski definition) is 5. The van der Waals surface area contributed by atoms with E-state index in [2.05, 4.69) is 9.97 Å². The summed E-state index contributed by atoms with van der Waals surface area (Å²) in [7, 11) is -3.34. The van der Waals surface area contributed by atoms with Crippen molar-refractivity contribution in [3.63, 3.8) is 0 Å². The van der Waals surface area contributed by atoms with Gasteiger partial charge in [0.25, 0.3) is 0 Å². The number of aromatic carboxylic acids is 1. The van der Waals surface area contributed by atoms with Crippen LogP contribution in [-0.2, 0) is 15.6 Å². The van der Waals surface area contributed by atoms with Gasteiger partial charge in [-0.2, -0.15) is 0 Å². The standard InChI is InChI=1S/C11H16N2O4S/c1-8(2)3-4-18(16,17)6-10-9(11(14)15)5-12-7-13-10/h5,7-8H,3-4,6H2,1-2H3,(H,14,15). The first-order valence-corrected chi connectivity index (χ1v) is 7.36. The average Bonchev–Trinajstić information content (AvgIpc) is 2.26. The van der Waals surface area contributed by atoms with E-state index in [-0.39, 0.29) is 28.7 Å². The van der Waals surface area contributed by atoms with E-state index < -0.39 is 15.8 Å². The van der Waals surface area contributed by atoms with Gasteiger partial charge >= 0.3 is 5.97 Å². The molecule has 0 aliphatic heterocycles. The number of hydrogen-bond donors (Lipinski definition) is 1. The van der Waals surface area contributed by atoms with Crippen LogP contribution in [0.25, 0.3) is 0 Å². The molecule has 1 heterocycles. The van der Waals surface area contributed by atoms with Crippen molar-refractivity contribution >= 4 is 15.8 Å². The molecule has 0 amide bonds. The summed E-state index contributed by atoms with van der Waals surface area (Å²) in [6, 6.07) is 0. The smallest absolute Gasteiger partial charge is 0.339 e. The lowest BCUT2D eigenvalue weighted by molar-refractivity contribution is 0.0695. The summed E-state index contributed by atoms with van der Waals surface area (Å²) in [5, 5.41) is 8.91. The zero-order valence-electron chi connectivity index (χ0n) is 10.3. The third kappa shape index (κ3) is 4.40. The summed E-state index contributed by atoms with van der Waals surface area (Å²) in [5.41, 5.74) is -0.119. The highest BCUT2D eigenvalue weighted by Crippen LogP contribution is 2.11. The number of rotatable bonds is 6. The Kier molecular flexibility index (Phi) is 4.77. The van der Waals surface area contributed by atoms with Crippen LogP contribution in [-0.4, -0.2) is 35.2 Å². The van der Waals surface area contributed by atoms with E-state index >= 15 is 0 Å². The molecule has 0 aliphatic rings. The zero-order valence-corrected chi connectivity index (χ0v) is 11.1. The summed E-state index contributed by atoms with van der Waals surface area (Å²) < 4.78 is 23.7. The molecule has 7 heteroatoms. The summed E-state index contributed by atoms with van der Waals surface area (Å²) >= 11 is 0. The predicted octanol–water partition coefficient (Wildman–Crippen LogP) is 1.14. The Hall–Kier alpha value is -1.50. The number of carboxylic acids is 1. The molecular weight excluding hydrogens is 256 g/mol. The molecule has 0 unspecified atom stereocenters. The lowest BCUT2D eigenvalue weighted by Crippen LogP contribution is -2.15. The van der Waals surface area contributed by atoms with Crippen molar-refractivity contribution in [2.45, 2.75) is 26.0 Å². The first kappa shape index (κ1) is 14.6. The molecule has 6 nitrogen and oxygen atoms in total. The predicted molar refractivity (Wildman–Crippen MR) is 65.9 cm³/mol. The Morgan fingerprint density at radius 2 is 2.11 bits per heavy atom. The van der Waals surface area contributed by atoms with Crippen LogP contribution in [0.5, 0.6) is 0 Å². The van der Waals surface area contributed by atoms with E-state index in [0.29, 0.717) is 6.42 Å². The van der Waals surface area contributed by atoms with Crippen molar-refractivity contribution in [2.75, 3.05) is 5.75 Å². The second-order valence-electron chi connectivity index (χ2n) is 4.46. The molecule has 0 aromatic carbocycles. The van der Waals surface area contributed by atoms with Gasteiger partial charge in [0.1, 0.15) is 11.9 Å². The van der Waals surface area contributed by atoms with Gasteiger partial charge in [-0.15, -0.1) is 0 Å². The first-order valence-electron chi connectivity index (χ1n) is 5.54. The molecule has 100 valence electrons. The fraction of sp³-hybridized carbons (Fsp3) is 0.545. The van der Waals surface area contributed by atoms with Crippen molar-refractivity contribution in [1.82, 2.24) is 9.97 Å². The van der Waals surface area contributed by atoms with Gasteiger partial charge in [0.2, 0.25) is 0 Å². The van der Waals surface area contributed by atoms with Crippen LogP contribution < -0.4 is 0 Å². The van der Waals surface area contributed by atoms with Crippen LogP contribution in [0.2, 0.25) is 0 Å². The zero-order chi connectivity index (χ0) is 13.8. The third-order valence-corrected chi connectivity index (χ3v) is 3.96. The lowest BCUT2D eigenvalue weighted by Gasteiger charge is -2.07. The van der Waals surface area contributed by atoms with Gasteiger partial charge in [-0.05, 0) is 12.3 Å². The molecule has 0 saturated heterocycles. The Morgan fingerprint density at radius 1 is 1.44 bits per heavy atom. The monoisotopic (exact) mass is 272 g/mol. The molecule has 0 saturated carbocycles. The van der Waals surface area contributed by atoms with Crippen LogP contribution in [0.4, 0.5) is 0 Å². The maximum absolute atomic E-state index is 11.8. The molecule has 18 heavy (non-hydrogen) atoms. The van der Waals surface area contributed by atoms with Gasteiger partial charge in [0, 0.05) is 6.20 Å². The van der Waals surface area contributed by atoms with E-state index in [1.54, 1.807) is 0 Å². The van der Waals surface area contributed by atoms with E-state index in [9.17, 15) is 13.2 Å². The van der Waals surface area contributed by atoms with Gasteiger partial charge in [0.15, 0.2) is 9.84 Å². The molecular formula is C11H16N2O4S. The Labute approximate surface area is 106 Å². The molecule has 0 bridgehead atoms. The number of aromatic nitrogens is 2. The maximum Gasteiger partial charge on any atom is 0.339 e. The second-order valence-corrected chi connectivity index (χ2v) is 6.65. The van der Waals surface area contributed by atoms with E-state index in [0.717, 1.165) is 12.5 Å². The van der Waals surface area contributed by atoms with Gasteiger partial charge in [-0.3, -0.25) is 0 Å². The quantitative estimate of drug-likeness (QED) is 0.833. The fourth-order valence-electron chi connectivity index (χ4n) is 1.34. The molecule has 1 rings (SSSR count).